The summed E-state index contributed by atoms with van der Waals surface area (Å²) in [6, 6.07) is 7.49. The van der Waals surface area contributed by atoms with Crippen molar-refractivity contribution >= 4 is 29.9 Å². The highest BCUT2D eigenvalue weighted by Gasteiger charge is 2.23. The molecule has 1 aliphatic heterocycles. The Labute approximate surface area is 130 Å². The predicted octanol–water partition coefficient (Wildman–Crippen LogP) is 2.35. The lowest BCUT2D eigenvalue weighted by molar-refractivity contribution is -0.131. The van der Waals surface area contributed by atoms with Gasteiger partial charge in [-0.3, -0.25) is 4.79 Å². The average Bonchev–Trinajstić information content (AvgIpc) is 2.42. The first-order valence-corrected chi connectivity index (χ1v) is 6.92. The van der Waals surface area contributed by atoms with Gasteiger partial charge in [0.2, 0.25) is 5.91 Å². The third-order valence-corrected chi connectivity index (χ3v) is 3.57. The summed E-state index contributed by atoms with van der Waals surface area (Å²) in [5.74, 6) is 0.878. The van der Waals surface area contributed by atoms with E-state index < -0.39 is 0 Å². The van der Waals surface area contributed by atoms with E-state index >= 15 is 0 Å². The Morgan fingerprint density at radius 1 is 1.40 bits per heavy atom. The van der Waals surface area contributed by atoms with Crippen molar-refractivity contribution < 1.29 is 9.53 Å². The smallest absolute Gasteiger partial charge is 0.236 e. The zero-order valence-electron chi connectivity index (χ0n) is 11.5. The second-order valence-corrected chi connectivity index (χ2v) is 5.07. The van der Waals surface area contributed by atoms with Crippen LogP contribution in [0.1, 0.15) is 12.8 Å². The van der Waals surface area contributed by atoms with Gasteiger partial charge in [0.15, 0.2) is 0 Å². The highest BCUT2D eigenvalue weighted by atomic mass is 35.5. The van der Waals surface area contributed by atoms with Gasteiger partial charge in [0.1, 0.15) is 11.9 Å². The number of para-hydroxylation sites is 1. The lowest BCUT2D eigenvalue weighted by Crippen LogP contribution is -2.44. The molecule has 112 valence electrons. The molecule has 1 fully saturated rings. The molecule has 0 aromatic heterocycles. The third-order valence-electron chi connectivity index (χ3n) is 3.25. The molecular weight excluding hydrogens is 299 g/mol. The molecule has 6 heteroatoms. The lowest BCUT2D eigenvalue weighted by atomic mass is 10.1. The van der Waals surface area contributed by atoms with Crippen molar-refractivity contribution in [2.45, 2.75) is 18.9 Å². The zero-order valence-corrected chi connectivity index (χ0v) is 13.0. The fourth-order valence-corrected chi connectivity index (χ4v) is 2.39. The number of carbonyl (C=O) groups is 1. The fraction of sp³-hybridized carbons (Fsp3) is 0.500. The summed E-state index contributed by atoms with van der Waals surface area (Å²) in [6.45, 7) is 1.89. The Morgan fingerprint density at radius 3 is 2.65 bits per heavy atom. The van der Waals surface area contributed by atoms with Gasteiger partial charge in [0.25, 0.3) is 0 Å². The number of halogens is 2. The molecule has 20 heavy (non-hydrogen) atoms. The number of rotatable bonds is 4. The molecule has 0 unspecified atom stereocenters. The molecule has 1 aromatic rings. The number of carbonyl (C=O) groups excluding carboxylic acids is 1. The maximum absolute atomic E-state index is 11.7. The molecule has 1 amide bonds. The van der Waals surface area contributed by atoms with Crippen LogP contribution in [0.3, 0.4) is 0 Å². The molecule has 2 rings (SSSR count). The van der Waals surface area contributed by atoms with Gasteiger partial charge >= 0.3 is 0 Å². The molecule has 1 aromatic carbocycles. The summed E-state index contributed by atoms with van der Waals surface area (Å²) in [6.07, 6.45) is 1.83. The van der Waals surface area contributed by atoms with Crippen LogP contribution in [0.2, 0.25) is 5.02 Å². The Balaban J connectivity index is 0.00000200. The number of hydrogen-bond donors (Lipinski definition) is 1. The number of likely N-dealkylation sites (tertiary alicyclic amines) is 1. The first-order chi connectivity index (χ1) is 9.20. The number of amides is 1. The van der Waals surface area contributed by atoms with E-state index in [1.807, 2.05) is 29.2 Å². The van der Waals surface area contributed by atoms with Gasteiger partial charge < -0.3 is 15.0 Å². The molecule has 0 bridgehead atoms. The molecule has 0 saturated carbocycles. The Hall–Kier alpha value is -0.970. The van der Waals surface area contributed by atoms with Crippen LogP contribution in [0.4, 0.5) is 0 Å². The molecule has 4 nitrogen and oxygen atoms in total. The van der Waals surface area contributed by atoms with Crippen molar-refractivity contribution in [1.29, 1.82) is 0 Å². The average molecular weight is 319 g/mol. The maximum atomic E-state index is 11.7. The van der Waals surface area contributed by atoms with Crippen molar-refractivity contribution in [3.63, 3.8) is 0 Å². The van der Waals surface area contributed by atoms with Crippen molar-refractivity contribution in [2.75, 3.05) is 26.7 Å². The van der Waals surface area contributed by atoms with Crippen molar-refractivity contribution in [1.82, 2.24) is 10.2 Å². The number of nitrogens with one attached hydrogen (secondary N) is 1. The summed E-state index contributed by atoms with van der Waals surface area (Å²) in [5, 5.41) is 3.52. The van der Waals surface area contributed by atoms with Crippen molar-refractivity contribution in [3.05, 3.63) is 29.3 Å². The second kappa shape index (κ2) is 8.35. The van der Waals surface area contributed by atoms with Crippen LogP contribution < -0.4 is 10.1 Å². The molecule has 0 spiro atoms. The SMILES string of the molecule is CNCC(=O)N1CCC(Oc2ccccc2Cl)CC1.Cl. The molecule has 1 saturated heterocycles. The Kier molecular flexibility index (Phi) is 7.13. The second-order valence-electron chi connectivity index (χ2n) is 4.66. The van der Waals surface area contributed by atoms with Gasteiger partial charge in [-0.1, -0.05) is 23.7 Å². The van der Waals surface area contributed by atoms with Crippen molar-refractivity contribution in [2.24, 2.45) is 0 Å². The van der Waals surface area contributed by atoms with Crippen LogP contribution in [-0.2, 0) is 4.79 Å². The molecule has 1 aliphatic rings. The number of hydrogen-bond acceptors (Lipinski definition) is 3. The highest BCUT2D eigenvalue weighted by molar-refractivity contribution is 6.32. The first kappa shape index (κ1) is 17.1. The normalized spacial score (nSPS) is 15.6. The maximum Gasteiger partial charge on any atom is 0.236 e. The summed E-state index contributed by atoms with van der Waals surface area (Å²) >= 11 is 6.07. The molecule has 1 N–H and O–H groups in total. The molecule has 0 radical (unpaired) electrons. The van der Waals surface area contributed by atoms with Crippen LogP contribution in [0, 0.1) is 0 Å². The zero-order chi connectivity index (χ0) is 13.7. The summed E-state index contributed by atoms with van der Waals surface area (Å²) in [7, 11) is 1.78. The first-order valence-electron chi connectivity index (χ1n) is 6.54. The van der Waals surface area contributed by atoms with E-state index in [-0.39, 0.29) is 24.4 Å². The molecule has 1 heterocycles. The van der Waals surface area contributed by atoms with Crippen LogP contribution in [0.5, 0.6) is 5.75 Å². The van der Waals surface area contributed by atoms with Gasteiger partial charge in [0, 0.05) is 25.9 Å². The molecule has 0 aliphatic carbocycles. The topological polar surface area (TPSA) is 41.6 Å². The minimum absolute atomic E-state index is 0. The minimum atomic E-state index is 0. The monoisotopic (exact) mass is 318 g/mol. The van der Waals surface area contributed by atoms with Gasteiger partial charge in [0.05, 0.1) is 11.6 Å². The number of likely N-dealkylation sites (N-methyl/N-ethyl adjacent to an activating group) is 1. The van der Waals surface area contributed by atoms with E-state index in [4.69, 9.17) is 16.3 Å². The molecule has 0 atom stereocenters. The van der Waals surface area contributed by atoms with E-state index in [1.165, 1.54) is 0 Å². The van der Waals surface area contributed by atoms with Crippen LogP contribution in [0.25, 0.3) is 0 Å². The predicted molar refractivity (Wildman–Crippen MR) is 82.9 cm³/mol. The lowest BCUT2D eigenvalue weighted by Gasteiger charge is -2.32. The van der Waals surface area contributed by atoms with Crippen LogP contribution in [0.15, 0.2) is 24.3 Å². The minimum Gasteiger partial charge on any atom is -0.489 e. The van der Waals surface area contributed by atoms with Gasteiger partial charge in [-0.25, -0.2) is 0 Å². The van der Waals surface area contributed by atoms with E-state index in [0.29, 0.717) is 11.6 Å². The Bertz CT molecular complexity index is 435. The standard InChI is InChI=1S/C14H19ClN2O2.ClH/c1-16-10-14(18)17-8-6-11(7-9-17)19-13-5-3-2-4-12(13)15;/h2-5,11,16H,6-10H2,1H3;1H. The van der Waals surface area contributed by atoms with E-state index in [2.05, 4.69) is 5.32 Å². The largest absolute Gasteiger partial charge is 0.489 e. The summed E-state index contributed by atoms with van der Waals surface area (Å²) < 4.78 is 5.89. The van der Waals surface area contributed by atoms with Gasteiger partial charge in [-0.15, -0.1) is 12.4 Å². The number of benzene rings is 1. The van der Waals surface area contributed by atoms with Crippen LogP contribution in [-0.4, -0.2) is 43.6 Å². The van der Waals surface area contributed by atoms with Crippen LogP contribution >= 0.6 is 24.0 Å². The van der Waals surface area contributed by atoms with E-state index in [1.54, 1.807) is 7.05 Å². The van der Waals surface area contributed by atoms with Gasteiger partial charge in [-0.05, 0) is 19.2 Å². The third kappa shape index (κ3) is 4.54. The fourth-order valence-electron chi connectivity index (χ4n) is 2.21. The van der Waals surface area contributed by atoms with Crippen molar-refractivity contribution in [3.8, 4) is 5.75 Å². The Morgan fingerprint density at radius 2 is 2.05 bits per heavy atom. The summed E-state index contributed by atoms with van der Waals surface area (Å²) in [5.41, 5.74) is 0. The summed E-state index contributed by atoms with van der Waals surface area (Å²) in [4.78, 5) is 13.6. The number of piperidine rings is 1. The number of nitrogens with zero attached hydrogens (tertiary/aromatic N) is 1. The highest BCUT2D eigenvalue weighted by Crippen LogP contribution is 2.26. The van der Waals surface area contributed by atoms with E-state index in [9.17, 15) is 4.79 Å². The molecular formula is C14H20Cl2N2O2. The quantitative estimate of drug-likeness (QED) is 0.926. The van der Waals surface area contributed by atoms with Gasteiger partial charge in [-0.2, -0.15) is 0 Å². The van der Waals surface area contributed by atoms with E-state index in [0.717, 1.165) is 31.7 Å². The number of ether oxygens (including phenoxy) is 1.